The van der Waals surface area contributed by atoms with Crippen LogP contribution in [0.25, 0.3) is 6.08 Å². The predicted octanol–water partition coefficient (Wildman–Crippen LogP) is 2.13. The summed E-state index contributed by atoms with van der Waals surface area (Å²) < 4.78 is 11.8. The highest BCUT2D eigenvalue weighted by molar-refractivity contribution is 5.87. The quantitative estimate of drug-likeness (QED) is 0.600. The molecule has 0 unspecified atom stereocenters. The van der Waals surface area contributed by atoms with Crippen LogP contribution in [0, 0.1) is 13.8 Å². The molecule has 2 aromatic heterocycles. The molecule has 7 heteroatoms. The molecule has 0 bridgehead atoms. The van der Waals surface area contributed by atoms with Crippen LogP contribution in [0.15, 0.2) is 10.6 Å². The number of nitrogens with zero attached hydrogens (tertiary/aromatic N) is 4. The van der Waals surface area contributed by atoms with Gasteiger partial charge in [-0.2, -0.15) is 10.1 Å². The number of esters is 1. The van der Waals surface area contributed by atoms with E-state index in [4.69, 9.17) is 9.26 Å². The molecular formula is C15H20N4O3. The van der Waals surface area contributed by atoms with E-state index in [0.717, 1.165) is 29.8 Å². The summed E-state index contributed by atoms with van der Waals surface area (Å²) in [6.07, 6.45) is 4.76. The zero-order valence-corrected chi connectivity index (χ0v) is 13.3. The van der Waals surface area contributed by atoms with Crippen LogP contribution in [-0.2, 0) is 29.6 Å². The topological polar surface area (TPSA) is 83.0 Å². The average molecular weight is 304 g/mol. The summed E-state index contributed by atoms with van der Waals surface area (Å²) in [5.74, 6) is 0.475. The minimum atomic E-state index is -0.460. The molecule has 0 saturated carbocycles. The molecule has 0 aromatic carbocycles. The largest absolute Gasteiger partial charge is 0.452 e. The van der Waals surface area contributed by atoms with Gasteiger partial charge in [0.1, 0.15) is 0 Å². The van der Waals surface area contributed by atoms with Gasteiger partial charge in [-0.1, -0.05) is 12.1 Å². The highest BCUT2D eigenvalue weighted by atomic mass is 16.6. The van der Waals surface area contributed by atoms with E-state index >= 15 is 0 Å². The molecule has 2 rings (SSSR count). The summed E-state index contributed by atoms with van der Waals surface area (Å²) in [6, 6.07) is 0. The Morgan fingerprint density at radius 2 is 2.18 bits per heavy atom. The maximum absolute atomic E-state index is 11.7. The Morgan fingerprint density at radius 1 is 1.41 bits per heavy atom. The fourth-order valence-corrected chi connectivity index (χ4v) is 2.04. The monoisotopic (exact) mass is 304 g/mol. The van der Waals surface area contributed by atoms with Crippen LogP contribution in [0.5, 0.6) is 0 Å². The number of rotatable bonds is 6. The van der Waals surface area contributed by atoms with Gasteiger partial charge in [0.2, 0.25) is 0 Å². The second-order valence-corrected chi connectivity index (χ2v) is 5.00. The van der Waals surface area contributed by atoms with Gasteiger partial charge in [-0.15, -0.1) is 0 Å². The smallest absolute Gasteiger partial charge is 0.331 e. The van der Waals surface area contributed by atoms with E-state index in [9.17, 15) is 4.79 Å². The molecule has 0 aliphatic carbocycles. The van der Waals surface area contributed by atoms with Gasteiger partial charge in [0, 0.05) is 30.8 Å². The van der Waals surface area contributed by atoms with Crippen LogP contribution in [0.4, 0.5) is 0 Å². The molecule has 7 nitrogen and oxygen atoms in total. The molecule has 0 aliphatic heterocycles. The third-order valence-corrected chi connectivity index (χ3v) is 3.27. The van der Waals surface area contributed by atoms with Crippen LogP contribution >= 0.6 is 0 Å². The number of carbonyl (C=O) groups is 1. The average Bonchev–Trinajstić information content (AvgIpc) is 3.01. The molecule has 0 amide bonds. The van der Waals surface area contributed by atoms with E-state index in [1.807, 2.05) is 27.8 Å². The maximum atomic E-state index is 11.7. The fourth-order valence-electron chi connectivity index (χ4n) is 2.04. The van der Waals surface area contributed by atoms with Crippen molar-refractivity contribution in [2.24, 2.45) is 7.05 Å². The van der Waals surface area contributed by atoms with Crippen molar-refractivity contribution in [1.82, 2.24) is 19.9 Å². The summed E-state index contributed by atoms with van der Waals surface area (Å²) in [7, 11) is 1.86. The zero-order chi connectivity index (χ0) is 16.1. The Bertz CT molecular complexity index is 685. The van der Waals surface area contributed by atoms with Crippen molar-refractivity contribution in [3.8, 4) is 0 Å². The molecule has 0 radical (unpaired) electrons. The third kappa shape index (κ3) is 3.81. The van der Waals surface area contributed by atoms with Crippen LogP contribution in [0.2, 0.25) is 0 Å². The minimum Gasteiger partial charge on any atom is -0.452 e. The summed E-state index contributed by atoms with van der Waals surface area (Å²) in [5.41, 5.74) is 2.77. The summed E-state index contributed by atoms with van der Waals surface area (Å²) >= 11 is 0. The van der Waals surface area contributed by atoms with E-state index in [1.54, 1.807) is 10.8 Å². The lowest BCUT2D eigenvalue weighted by Crippen LogP contribution is -2.01. The van der Waals surface area contributed by atoms with Crippen molar-refractivity contribution in [1.29, 1.82) is 0 Å². The Kier molecular flexibility index (Phi) is 5.08. The van der Waals surface area contributed by atoms with Crippen molar-refractivity contribution in [3.63, 3.8) is 0 Å². The van der Waals surface area contributed by atoms with Crippen molar-refractivity contribution >= 4 is 12.0 Å². The van der Waals surface area contributed by atoms with Gasteiger partial charge in [0.25, 0.3) is 5.89 Å². The van der Waals surface area contributed by atoms with Gasteiger partial charge >= 0.3 is 5.97 Å². The molecule has 118 valence electrons. The van der Waals surface area contributed by atoms with Crippen LogP contribution in [0.3, 0.4) is 0 Å². The normalized spacial score (nSPS) is 11.3. The Hall–Kier alpha value is -2.44. The second-order valence-electron chi connectivity index (χ2n) is 5.00. The third-order valence-electron chi connectivity index (χ3n) is 3.27. The molecule has 22 heavy (non-hydrogen) atoms. The van der Waals surface area contributed by atoms with Gasteiger partial charge in [0.05, 0.1) is 5.69 Å². The van der Waals surface area contributed by atoms with E-state index in [0.29, 0.717) is 11.7 Å². The number of hydrogen-bond donors (Lipinski definition) is 0. The lowest BCUT2D eigenvalue weighted by molar-refractivity contribution is -0.139. The maximum Gasteiger partial charge on any atom is 0.331 e. The van der Waals surface area contributed by atoms with Crippen molar-refractivity contribution in [2.45, 2.75) is 40.2 Å². The lowest BCUT2D eigenvalue weighted by atomic mass is 10.2. The van der Waals surface area contributed by atoms with E-state index in [-0.39, 0.29) is 6.61 Å². The van der Waals surface area contributed by atoms with E-state index < -0.39 is 5.97 Å². The van der Waals surface area contributed by atoms with Gasteiger partial charge in [0.15, 0.2) is 12.4 Å². The Labute approximate surface area is 129 Å². The molecule has 0 N–H and O–H groups in total. The summed E-state index contributed by atoms with van der Waals surface area (Å²) in [5, 5.41) is 8.08. The first kappa shape index (κ1) is 15.9. The standard InChI is InChI=1S/C15H20N4O3/c1-5-6-13-16-14(22-18-13)9-21-15(20)8-7-12-10(2)17-19(4)11(12)3/h7-8H,5-6,9H2,1-4H3/b8-7+. The minimum absolute atomic E-state index is 0.0229. The summed E-state index contributed by atoms with van der Waals surface area (Å²) in [4.78, 5) is 15.9. The van der Waals surface area contributed by atoms with E-state index in [1.165, 1.54) is 6.08 Å². The Balaban J connectivity index is 1.90. The second kappa shape index (κ2) is 7.02. The lowest BCUT2D eigenvalue weighted by Gasteiger charge is -1.97. The van der Waals surface area contributed by atoms with Crippen molar-refractivity contribution in [3.05, 3.63) is 34.7 Å². The highest BCUT2D eigenvalue weighted by Crippen LogP contribution is 2.13. The molecule has 0 fully saturated rings. The molecule has 0 atom stereocenters. The van der Waals surface area contributed by atoms with Gasteiger partial charge in [-0.05, 0) is 26.3 Å². The number of carbonyl (C=O) groups excluding carboxylic acids is 1. The molecule has 0 saturated heterocycles. The zero-order valence-electron chi connectivity index (χ0n) is 13.3. The molecular weight excluding hydrogens is 284 g/mol. The van der Waals surface area contributed by atoms with Crippen LogP contribution < -0.4 is 0 Å². The highest BCUT2D eigenvalue weighted by Gasteiger charge is 2.09. The SMILES string of the molecule is CCCc1noc(COC(=O)/C=C/c2c(C)nn(C)c2C)n1. The first-order chi connectivity index (χ1) is 10.5. The molecule has 0 aliphatic rings. The van der Waals surface area contributed by atoms with Gasteiger partial charge in [-0.25, -0.2) is 4.79 Å². The Morgan fingerprint density at radius 3 is 2.82 bits per heavy atom. The van der Waals surface area contributed by atoms with E-state index in [2.05, 4.69) is 15.2 Å². The number of ether oxygens (including phenoxy) is 1. The molecule has 0 spiro atoms. The van der Waals surface area contributed by atoms with Gasteiger partial charge < -0.3 is 9.26 Å². The number of aryl methyl sites for hydroxylation is 3. The van der Waals surface area contributed by atoms with Gasteiger partial charge in [-0.3, -0.25) is 4.68 Å². The first-order valence-corrected chi connectivity index (χ1v) is 7.17. The van der Waals surface area contributed by atoms with Crippen molar-refractivity contribution < 1.29 is 14.1 Å². The molecule has 2 aromatic rings. The van der Waals surface area contributed by atoms with Crippen LogP contribution in [0.1, 0.15) is 42.0 Å². The molecule has 2 heterocycles. The predicted molar refractivity (Wildman–Crippen MR) is 79.8 cm³/mol. The fraction of sp³-hybridized carbons (Fsp3) is 0.467. The number of hydrogen-bond acceptors (Lipinski definition) is 6. The number of aromatic nitrogens is 4. The summed E-state index contributed by atoms with van der Waals surface area (Å²) in [6.45, 7) is 5.85. The first-order valence-electron chi connectivity index (χ1n) is 7.17. The van der Waals surface area contributed by atoms with Crippen LogP contribution in [-0.4, -0.2) is 25.9 Å². The van der Waals surface area contributed by atoms with Crippen molar-refractivity contribution in [2.75, 3.05) is 0 Å².